The van der Waals surface area contributed by atoms with Gasteiger partial charge >= 0.3 is 5.97 Å². The second-order valence-corrected chi connectivity index (χ2v) is 4.50. The van der Waals surface area contributed by atoms with Gasteiger partial charge in [-0.2, -0.15) is 0 Å². The molecule has 5 heteroatoms. The standard InChI is InChI=1S/C11H20N2O3/c1-8(2-5-11(15)16)6-13-10(14)7-12-9-3-4-9/h8-9,12H,2-7H2,1H3,(H,13,14)(H,15,16). The number of hydrogen-bond donors (Lipinski definition) is 3. The lowest BCUT2D eigenvalue weighted by molar-refractivity contribution is -0.137. The van der Waals surface area contributed by atoms with Crippen LogP contribution in [-0.2, 0) is 9.59 Å². The van der Waals surface area contributed by atoms with Crippen molar-refractivity contribution in [3.05, 3.63) is 0 Å². The van der Waals surface area contributed by atoms with Crippen molar-refractivity contribution in [1.82, 2.24) is 10.6 Å². The summed E-state index contributed by atoms with van der Waals surface area (Å²) in [4.78, 5) is 21.7. The second kappa shape index (κ2) is 6.48. The highest BCUT2D eigenvalue weighted by Gasteiger charge is 2.21. The van der Waals surface area contributed by atoms with Gasteiger partial charge in [0, 0.05) is 19.0 Å². The van der Waals surface area contributed by atoms with Gasteiger partial charge in [-0.05, 0) is 25.2 Å². The van der Waals surface area contributed by atoms with Crippen molar-refractivity contribution in [1.29, 1.82) is 0 Å². The van der Waals surface area contributed by atoms with Crippen molar-refractivity contribution in [3.63, 3.8) is 0 Å². The molecular weight excluding hydrogens is 208 g/mol. The highest BCUT2D eigenvalue weighted by molar-refractivity contribution is 5.78. The van der Waals surface area contributed by atoms with E-state index in [4.69, 9.17) is 5.11 Å². The number of carboxylic acids is 1. The molecule has 1 atom stereocenters. The molecule has 1 rings (SSSR count). The van der Waals surface area contributed by atoms with E-state index in [1.54, 1.807) is 0 Å². The molecule has 1 unspecified atom stereocenters. The summed E-state index contributed by atoms with van der Waals surface area (Å²) in [7, 11) is 0. The van der Waals surface area contributed by atoms with Crippen LogP contribution in [-0.4, -0.2) is 36.1 Å². The van der Waals surface area contributed by atoms with E-state index in [1.165, 1.54) is 12.8 Å². The topological polar surface area (TPSA) is 78.4 Å². The van der Waals surface area contributed by atoms with Crippen molar-refractivity contribution < 1.29 is 14.7 Å². The fourth-order valence-electron chi connectivity index (χ4n) is 1.35. The highest BCUT2D eigenvalue weighted by Crippen LogP contribution is 2.17. The first-order valence-corrected chi connectivity index (χ1v) is 5.80. The maximum absolute atomic E-state index is 11.3. The van der Waals surface area contributed by atoms with Crippen molar-refractivity contribution >= 4 is 11.9 Å². The van der Waals surface area contributed by atoms with E-state index in [-0.39, 0.29) is 18.2 Å². The van der Waals surface area contributed by atoms with Crippen LogP contribution >= 0.6 is 0 Å². The maximum Gasteiger partial charge on any atom is 0.303 e. The van der Waals surface area contributed by atoms with Crippen LogP contribution in [0, 0.1) is 5.92 Å². The summed E-state index contributed by atoms with van der Waals surface area (Å²) >= 11 is 0. The van der Waals surface area contributed by atoms with Gasteiger partial charge in [-0.15, -0.1) is 0 Å². The third kappa shape index (κ3) is 6.40. The van der Waals surface area contributed by atoms with Gasteiger partial charge in [-0.3, -0.25) is 9.59 Å². The summed E-state index contributed by atoms with van der Waals surface area (Å²) in [5, 5.41) is 14.4. The summed E-state index contributed by atoms with van der Waals surface area (Å²) in [6.45, 7) is 2.87. The normalized spacial score (nSPS) is 16.8. The molecule has 92 valence electrons. The molecule has 1 aliphatic carbocycles. The lowest BCUT2D eigenvalue weighted by Crippen LogP contribution is -2.37. The Balaban J connectivity index is 1.98. The molecule has 0 aromatic heterocycles. The first kappa shape index (κ1) is 13.0. The zero-order valence-electron chi connectivity index (χ0n) is 9.66. The molecule has 0 aliphatic heterocycles. The Morgan fingerprint density at radius 2 is 2.12 bits per heavy atom. The van der Waals surface area contributed by atoms with Gasteiger partial charge in [0.2, 0.25) is 5.91 Å². The largest absolute Gasteiger partial charge is 0.481 e. The Kier molecular flexibility index (Phi) is 5.25. The van der Waals surface area contributed by atoms with E-state index < -0.39 is 5.97 Å². The minimum Gasteiger partial charge on any atom is -0.481 e. The molecule has 1 saturated carbocycles. The maximum atomic E-state index is 11.3. The molecule has 5 nitrogen and oxygen atoms in total. The Bertz CT molecular complexity index is 252. The molecule has 0 heterocycles. The Morgan fingerprint density at radius 1 is 1.44 bits per heavy atom. The molecular formula is C11H20N2O3. The summed E-state index contributed by atoms with van der Waals surface area (Å²) in [5.74, 6) is -0.580. The van der Waals surface area contributed by atoms with Crippen molar-refractivity contribution in [2.45, 2.75) is 38.6 Å². The van der Waals surface area contributed by atoms with Crippen LogP contribution in [0.4, 0.5) is 0 Å². The zero-order chi connectivity index (χ0) is 12.0. The second-order valence-electron chi connectivity index (χ2n) is 4.50. The molecule has 0 saturated heterocycles. The smallest absolute Gasteiger partial charge is 0.303 e. The van der Waals surface area contributed by atoms with Crippen LogP contribution in [0.5, 0.6) is 0 Å². The van der Waals surface area contributed by atoms with E-state index in [1.807, 2.05) is 6.92 Å². The molecule has 0 bridgehead atoms. The van der Waals surface area contributed by atoms with Crippen LogP contribution in [0.2, 0.25) is 0 Å². The molecule has 3 N–H and O–H groups in total. The number of hydrogen-bond acceptors (Lipinski definition) is 3. The van der Waals surface area contributed by atoms with E-state index in [0.717, 1.165) is 0 Å². The van der Waals surface area contributed by atoms with E-state index >= 15 is 0 Å². The summed E-state index contributed by atoms with van der Waals surface area (Å²) < 4.78 is 0. The number of carbonyl (C=O) groups is 2. The first-order chi connectivity index (χ1) is 7.58. The molecule has 1 aliphatic rings. The van der Waals surface area contributed by atoms with E-state index in [0.29, 0.717) is 25.6 Å². The van der Waals surface area contributed by atoms with Crippen LogP contribution in [0.15, 0.2) is 0 Å². The highest BCUT2D eigenvalue weighted by atomic mass is 16.4. The molecule has 0 aromatic rings. The Hall–Kier alpha value is -1.10. The molecule has 0 radical (unpaired) electrons. The molecule has 1 fully saturated rings. The van der Waals surface area contributed by atoms with Gasteiger partial charge in [0.15, 0.2) is 0 Å². The van der Waals surface area contributed by atoms with Gasteiger partial charge in [0.25, 0.3) is 0 Å². The monoisotopic (exact) mass is 228 g/mol. The minimum atomic E-state index is -0.784. The lowest BCUT2D eigenvalue weighted by atomic mass is 10.1. The lowest BCUT2D eigenvalue weighted by Gasteiger charge is -2.11. The van der Waals surface area contributed by atoms with Crippen molar-refractivity contribution in [3.8, 4) is 0 Å². The fraction of sp³-hybridized carbons (Fsp3) is 0.818. The van der Waals surface area contributed by atoms with Crippen LogP contribution in [0.25, 0.3) is 0 Å². The Morgan fingerprint density at radius 3 is 2.69 bits per heavy atom. The summed E-state index contributed by atoms with van der Waals surface area (Å²) in [6.07, 6.45) is 3.10. The number of aliphatic carboxylic acids is 1. The average molecular weight is 228 g/mol. The number of carbonyl (C=O) groups excluding carboxylic acids is 1. The van der Waals surface area contributed by atoms with E-state index in [2.05, 4.69) is 10.6 Å². The first-order valence-electron chi connectivity index (χ1n) is 5.80. The third-order valence-corrected chi connectivity index (χ3v) is 2.63. The SMILES string of the molecule is CC(CCC(=O)O)CNC(=O)CNC1CC1. The van der Waals surface area contributed by atoms with Crippen LogP contribution < -0.4 is 10.6 Å². The number of carboxylic acid groups (broad SMARTS) is 1. The van der Waals surface area contributed by atoms with Gasteiger partial charge in [-0.25, -0.2) is 0 Å². The van der Waals surface area contributed by atoms with Crippen LogP contribution in [0.3, 0.4) is 0 Å². The van der Waals surface area contributed by atoms with Crippen molar-refractivity contribution in [2.75, 3.05) is 13.1 Å². The van der Waals surface area contributed by atoms with Crippen LogP contribution in [0.1, 0.15) is 32.6 Å². The van der Waals surface area contributed by atoms with E-state index in [9.17, 15) is 9.59 Å². The van der Waals surface area contributed by atoms with Gasteiger partial charge in [0.1, 0.15) is 0 Å². The van der Waals surface area contributed by atoms with Crippen molar-refractivity contribution in [2.24, 2.45) is 5.92 Å². The number of rotatable bonds is 8. The quantitative estimate of drug-likeness (QED) is 0.560. The minimum absolute atomic E-state index is 0.00549. The number of amides is 1. The molecule has 0 spiro atoms. The predicted octanol–water partition coefficient (Wildman–Crippen LogP) is 0.356. The third-order valence-electron chi connectivity index (χ3n) is 2.63. The fourth-order valence-corrected chi connectivity index (χ4v) is 1.35. The number of nitrogens with one attached hydrogen (secondary N) is 2. The van der Waals surface area contributed by atoms with Gasteiger partial charge < -0.3 is 15.7 Å². The summed E-state index contributed by atoms with van der Waals surface area (Å²) in [5.41, 5.74) is 0. The average Bonchev–Trinajstić information content (AvgIpc) is 3.04. The van der Waals surface area contributed by atoms with Gasteiger partial charge in [-0.1, -0.05) is 6.92 Å². The predicted molar refractivity (Wildman–Crippen MR) is 60.1 cm³/mol. The Labute approximate surface area is 95.6 Å². The summed E-state index contributed by atoms with van der Waals surface area (Å²) in [6, 6.07) is 0.537. The van der Waals surface area contributed by atoms with Gasteiger partial charge in [0.05, 0.1) is 6.54 Å². The zero-order valence-corrected chi connectivity index (χ0v) is 9.66. The molecule has 0 aromatic carbocycles. The molecule has 16 heavy (non-hydrogen) atoms. The molecule has 1 amide bonds.